The monoisotopic (exact) mass is 391 g/mol. The number of benzene rings is 2. The Balaban J connectivity index is 2.22. The molecule has 0 atom stereocenters. The van der Waals surface area contributed by atoms with Crippen LogP contribution in [0.5, 0.6) is 5.75 Å². The summed E-state index contributed by atoms with van der Waals surface area (Å²) in [6.07, 6.45) is 1.21. The number of anilines is 1. The lowest BCUT2D eigenvalue weighted by Gasteiger charge is -2.19. The maximum atomic E-state index is 11.8. The Morgan fingerprint density at radius 3 is 2.58 bits per heavy atom. The Bertz CT molecular complexity index is 731. The van der Waals surface area contributed by atoms with Crippen LogP contribution in [0.2, 0.25) is 0 Å². The van der Waals surface area contributed by atoms with Crippen molar-refractivity contribution in [3.63, 3.8) is 0 Å². The summed E-state index contributed by atoms with van der Waals surface area (Å²) in [4.78, 5) is 11.8. The summed E-state index contributed by atoms with van der Waals surface area (Å²) in [5.74, 6) is 0.435. The molecule has 0 unspecified atom stereocenters. The molecule has 0 aromatic heterocycles. The van der Waals surface area contributed by atoms with Crippen molar-refractivity contribution in [3.05, 3.63) is 57.6 Å². The molecule has 2 rings (SSSR count). The van der Waals surface area contributed by atoms with Gasteiger partial charge >= 0.3 is 0 Å². The van der Waals surface area contributed by atoms with Gasteiger partial charge in [0.1, 0.15) is 12.4 Å². The molecule has 0 aliphatic heterocycles. The molecule has 0 fully saturated rings. The van der Waals surface area contributed by atoms with Crippen molar-refractivity contribution >= 4 is 27.5 Å². The predicted molar refractivity (Wildman–Crippen MR) is 98.6 cm³/mol. The molecule has 0 saturated carbocycles. The van der Waals surface area contributed by atoms with Crippen molar-refractivity contribution in [2.45, 2.75) is 40.2 Å². The van der Waals surface area contributed by atoms with Gasteiger partial charge < -0.3 is 4.74 Å². The Labute approximate surface area is 151 Å². The van der Waals surface area contributed by atoms with Crippen LogP contribution in [-0.4, -0.2) is 11.1 Å². The average molecular weight is 392 g/mol. The van der Waals surface area contributed by atoms with Gasteiger partial charge in [-0.1, -0.05) is 48.0 Å². The smallest absolute Gasteiger partial charge is 0.250 e. The molecule has 1 amide bonds. The molecule has 0 spiro atoms. The van der Waals surface area contributed by atoms with E-state index in [1.807, 2.05) is 31.2 Å². The largest absolute Gasteiger partial charge is 0.489 e. The molecular formula is C19H22BrNO3. The minimum Gasteiger partial charge on any atom is -0.489 e. The number of nitrogens with zero attached hydrogens (tertiary/aromatic N) is 1. The van der Waals surface area contributed by atoms with Gasteiger partial charge in [-0.2, -0.15) is 5.06 Å². The van der Waals surface area contributed by atoms with Crippen LogP contribution < -0.4 is 9.80 Å². The Hall–Kier alpha value is -1.85. The van der Waals surface area contributed by atoms with E-state index in [0.29, 0.717) is 10.8 Å². The number of aryl methyl sites for hydroxylation is 2. The highest BCUT2D eigenvalue weighted by molar-refractivity contribution is 9.10. The van der Waals surface area contributed by atoms with Crippen molar-refractivity contribution in [3.8, 4) is 5.75 Å². The van der Waals surface area contributed by atoms with Crippen LogP contribution in [0, 0.1) is 6.92 Å². The molecule has 24 heavy (non-hydrogen) atoms. The fraction of sp³-hybridized carbons (Fsp3) is 0.316. The topological polar surface area (TPSA) is 49.8 Å². The van der Waals surface area contributed by atoms with Gasteiger partial charge in [0.25, 0.3) is 0 Å². The van der Waals surface area contributed by atoms with Crippen LogP contribution in [0.3, 0.4) is 0 Å². The quantitative estimate of drug-likeness (QED) is 0.554. The van der Waals surface area contributed by atoms with Crippen LogP contribution in [0.15, 0.2) is 40.9 Å². The molecule has 5 heteroatoms. The Morgan fingerprint density at radius 1 is 1.21 bits per heavy atom. The molecule has 0 aliphatic carbocycles. The third-order valence-corrected chi connectivity index (χ3v) is 4.34. The second-order valence-corrected chi connectivity index (χ2v) is 6.49. The van der Waals surface area contributed by atoms with Crippen molar-refractivity contribution < 1.29 is 14.7 Å². The summed E-state index contributed by atoms with van der Waals surface area (Å²) in [6.45, 7) is 6.10. The van der Waals surface area contributed by atoms with Gasteiger partial charge in [0.05, 0.1) is 5.69 Å². The molecule has 4 nitrogen and oxygen atoms in total. The molecule has 0 bridgehead atoms. The maximum Gasteiger partial charge on any atom is 0.250 e. The zero-order valence-corrected chi connectivity index (χ0v) is 15.8. The van der Waals surface area contributed by atoms with Gasteiger partial charge in [-0.25, -0.2) is 0 Å². The highest BCUT2D eigenvalue weighted by Crippen LogP contribution is 2.27. The number of ether oxygens (including phenoxy) is 1. The van der Waals surface area contributed by atoms with Gasteiger partial charge in [-0.05, 0) is 42.7 Å². The standard InChI is InChI=1S/C19H22BrNO3/c1-4-14-6-9-18(13(3)10-14)24-12-15-7-8-16(20)11-17(15)21(23)19(22)5-2/h6-11,23H,4-5,12H2,1-3H3. The fourth-order valence-corrected chi connectivity index (χ4v) is 2.74. The SMILES string of the molecule is CCC(=O)N(O)c1cc(Br)ccc1COc1ccc(CC)cc1C. The van der Waals surface area contributed by atoms with Gasteiger partial charge in [0, 0.05) is 16.5 Å². The molecule has 1 N–H and O–H groups in total. The van der Waals surface area contributed by atoms with Gasteiger partial charge in [0.2, 0.25) is 5.91 Å². The number of carbonyl (C=O) groups excluding carboxylic acids is 1. The minimum absolute atomic E-state index is 0.223. The lowest BCUT2D eigenvalue weighted by atomic mass is 10.1. The highest BCUT2D eigenvalue weighted by atomic mass is 79.9. The Kier molecular flexibility index (Phi) is 6.40. The second-order valence-electron chi connectivity index (χ2n) is 5.57. The summed E-state index contributed by atoms with van der Waals surface area (Å²) in [5, 5.41) is 10.8. The number of amides is 1. The summed E-state index contributed by atoms with van der Waals surface area (Å²) in [5.41, 5.74) is 3.50. The normalized spacial score (nSPS) is 10.5. The van der Waals surface area contributed by atoms with Crippen LogP contribution in [0.4, 0.5) is 5.69 Å². The maximum absolute atomic E-state index is 11.8. The number of hydroxylamine groups is 1. The number of hydrogen-bond acceptors (Lipinski definition) is 3. The average Bonchev–Trinajstić information content (AvgIpc) is 2.59. The first-order valence-electron chi connectivity index (χ1n) is 7.98. The van der Waals surface area contributed by atoms with Gasteiger partial charge in [-0.3, -0.25) is 10.0 Å². The summed E-state index contributed by atoms with van der Waals surface area (Å²) in [7, 11) is 0. The number of carbonyl (C=O) groups is 1. The van der Waals surface area contributed by atoms with E-state index in [-0.39, 0.29) is 18.9 Å². The lowest BCUT2D eigenvalue weighted by Crippen LogP contribution is -2.27. The van der Waals surface area contributed by atoms with E-state index < -0.39 is 0 Å². The van der Waals surface area contributed by atoms with Crippen LogP contribution in [0.1, 0.15) is 37.0 Å². The van der Waals surface area contributed by atoms with E-state index in [0.717, 1.165) is 27.8 Å². The number of rotatable bonds is 6. The third kappa shape index (κ3) is 4.36. The third-order valence-electron chi connectivity index (χ3n) is 3.84. The predicted octanol–water partition coefficient (Wildman–Crippen LogP) is 5.03. The van der Waals surface area contributed by atoms with Crippen LogP contribution in [-0.2, 0) is 17.8 Å². The van der Waals surface area contributed by atoms with E-state index >= 15 is 0 Å². The molecule has 0 radical (unpaired) electrons. The molecule has 128 valence electrons. The van der Waals surface area contributed by atoms with Crippen molar-refractivity contribution in [1.82, 2.24) is 0 Å². The molecule has 2 aromatic rings. The minimum atomic E-state index is -0.363. The Morgan fingerprint density at radius 2 is 1.96 bits per heavy atom. The van der Waals surface area contributed by atoms with Gasteiger partial charge in [0.15, 0.2) is 0 Å². The summed E-state index contributed by atoms with van der Waals surface area (Å²) < 4.78 is 6.69. The highest BCUT2D eigenvalue weighted by Gasteiger charge is 2.16. The van der Waals surface area contributed by atoms with Crippen LogP contribution in [0.25, 0.3) is 0 Å². The first-order valence-corrected chi connectivity index (χ1v) is 8.78. The van der Waals surface area contributed by atoms with Gasteiger partial charge in [-0.15, -0.1) is 0 Å². The van der Waals surface area contributed by atoms with Crippen molar-refractivity contribution in [1.29, 1.82) is 0 Å². The van der Waals surface area contributed by atoms with E-state index in [1.165, 1.54) is 5.56 Å². The molecular weight excluding hydrogens is 370 g/mol. The molecule has 2 aromatic carbocycles. The van der Waals surface area contributed by atoms with Crippen LogP contribution >= 0.6 is 15.9 Å². The summed E-state index contributed by atoms with van der Waals surface area (Å²) >= 11 is 3.37. The fourth-order valence-electron chi connectivity index (χ4n) is 2.39. The van der Waals surface area contributed by atoms with E-state index in [9.17, 15) is 10.0 Å². The lowest BCUT2D eigenvalue weighted by molar-refractivity contribution is -0.123. The number of hydrogen-bond donors (Lipinski definition) is 1. The second kappa shape index (κ2) is 8.31. The first-order chi connectivity index (χ1) is 11.5. The molecule has 0 aliphatic rings. The zero-order valence-electron chi connectivity index (χ0n) is 14.2. The van der Waals surface area contributed by atoms with E-state index in [1.54, 1.807) is 13.0 Å². The van der Waals surface area contributed by atoms with Crippen molar-refractivity contribution in [2.75, 3.05) is 5.06 Å². The van der Waals surface area contributed by atoms with E-state index in [2.05, 4.69) is 28.9 Å². The molecule has 0 heterocycles. The van der Waals surface area contributed by atoms with E-state index in [4.69, 9.17) is 4.74 Å². The first kappa shape index (κ1) is 18.5. The van der Waals surface area contributed by atoms with Crippen molar-refractivity contribution in [2.24, 2.45) is 0 Å². The summed E-state index contributed by atoms with van der Waals surface area (Å²) in [6, 6.07) is 11.5. The number of halogens is 1. The zero-order chi connectivity index (χ0) is 17.7. The molecule has 0 saturated heterocycles.